The number of ether oxygens (including phenoxy) is 1. The van der Waals surface area contributed by atoms with Gasteiger partial charge in [0.25, 0.3) is 0 Å². The van der Waals surface area contributed by atoms with Gasteiger partial charge < -0.3 is 4.74 Å². The normalized spacial score (nSPS) is 10.7. The van der Waals surface area contributed by atoms with E-state index >= 15 is 0 Å². The summed E-state index contributed by atoms with van der Waals surface area (Å²) in [6, 6.07) is 3.04. The van der Waals surface area contributed by atoms with Gasteiger partial charge in [0.2, 0.25) is 0 Å². The molecule has 13 heavy (non-hydrogen) atoms. The highest BCUT2D eigenvalue weighted by Crippen LogP contribution is 2.25. The average Bonchev–Trinajstić information content (AvgIpc) is 2.48. The molecule has 0 atom stereocenters. The summed E-state index contributed by atoms with van der Waals surface area (Å²) in [6.45, 7) is 0. The van der Waals surface area contributed by atoms with Gasteiger partial charge >= 0.3 is 0 Å². The second-order valence-corrected chi connectivity index (χ2v) is 3.62. The molecular formula is C8H6FIN2O. The van der Waals surface area contributed by atoms with E-state index in [1.54, 1.807) is 6.07 Å². The minimum atomic E-state index is -0.312. The lowest BCUT2D eigenvalue weighted by atomic mass is 10.2. The molecule has 0 unspecified atom stereocenters. The van der Waals surface area contributed by atoms with Gasteiger partial charge in [0.05, 0.1) is 18.0 Å². The van der Waals surface area contributed by atoms with Gasteiger partial charge in [-0.3, -0.25) is 5.10 Å². The number of H-pyrrole nitrogens is 1. The van der Waals surface area contributed by atoms with Crippen LogP contribution in [0, 0.1) is 9.52 Å². The van der Waals surface area contributed by atoms with Crippen LogP contribution in [0.2, 0.25) is 0 Å². The molecule has 2 aromatic rings. The molecule has 0 spiro atoms. The Kier molecular flexibility index (Phi) is 2.10. The smallest absolute Gasteiger partial charge is 0.138 e. The van der Waals surface area contributed by atoms with Crippen molar-refractivity contribution in [3.8, 4) is 5.75 Å². The zero-order chi connectivity index (χ0) is 9.42. The second-order valence-electron chi connectivity index (χ2n) is 2.54. The van der Waals surface area contributed by atoms with E-state index in [1.165, 1.54) is 13.2 Å². The molecule has 2 rings (SSSR count). The van der Waals surface area contributed by atoms with Gasteiger partial charge in [-0.05, 0) is 22.6 Å². The third-order valence-corrected chi connectivity index (χ3v) is 2.55. The standard InChI is InChI=1S/C8H6FIN2O/c1-13-4-2-5(9)7-6(3-4)11-12-8(7)10/h2-3H,1H3,(H,11,12). The van der Waals surface area contributed by atoms with Crippen LogP contribution in [0.4, 0.5) is 4.39 Å². The van der Waals surface area contributed by atoms with Crippen molar-refractivity contribution in [2.45, 2.75) is 0 Å². The second kappa shape index (κ2) is 3.13. The maximum atomic E-state index is 13.4. The third-order valence-electron chi connectivity index (χ3n) is 1.77. The van der Waals surface area contributed by atoms with Crippen LogP contribution in [0.1, 0.15) is 0 Å². The number of hydrogen-bond acceptors (Lipinski definition) is 2. The van der Waals surface area contributed by atoms with Crippen LogP contribution in [0.3, 0.4) is 0 Å². The number of nitrogens with one attached hydrogen (secondary N) is 1. The highest BCUT2D eigenvalue weighted by molar-refractivity contribution is 14.1. The molecule has 1 N–H and O–H groups in total. The largest absolute Gasteiger partial charge is 0.497 e. The van der Waals surface area contributed by atoms with E-state index in [2.05, 4.69) is 10.2 Å². The molecule has 0 bridgehead atoms. The van der Waals surface area contributed by atoms with Crippen LogP contribution in [0.5, 0.6) is 5.75 Å². The molecule has 0 saturated carbocycles. The lowest BCUT2D eigenvalue weighted by Crippen LogP contribution is -1.85. The molecule has 0 fully saturated rings. The number of fused-ring (bicyclic) bond motifs is 1. The zero-order valence-electron chi connectivity index (χ0n) is 6.77. The fraction of sp³-hybridized carbons (Fsp3) is 0.125. The number of aromatic amines is 1. The van der Waals surface area contributed by atoms with Gasteiger partial charge in [-0.25, -0.2) is 4.39 Å². The Morgan fingerprint density at radius 2 is 2.31 bits per heavy atom. The number of nitrogens with zero attached hydrogens (tertiary/aromatic N) is 1. The summed E-state index contributed by atoms with van der Waals surface area (Å²) in [5, 5.41) is 7.16. The van der Waals surface area contributed by atoms with E-state index in [9.17, 15) is 4.39 Å². The molecule has 1 aromatic heterocycles. The molecule has 1 aromatic carbocycles. The first-order valence-corrected chi connectivity index (χ1v) is 4.67. The van der Waals surface area contributed by atoms with E-state index in [4.69, 9.17) is 4.74 Å². The molecule has 68 valence electrons. The summed E-state index contributed by atoms with van der Waals surface area (Å²) >= 11 is 2.00. The lowest BCUT2D eigenvalue weighted by Gasteiger charge is -1.99. The molecule has 0 amide bonds. The summed E-state index contributed by atoms with van der Waals surface area (Å²) in [5.41, 5.74) is 0.584. The Morgan fingerprint density at radius 3 is 3.00 bits per heavy atom. The monoisotopic (exact) mass is 292 g/mol. The van der Waals surface area contributed by atoms with Crippen LogP contribution in [-0.4, -0.2) is 17.3 Å². The van der Waals surface area contributed by atoms with Gasteiger partial charge in [0.1, 0.15) is 15.3 Å². The van der Waals surface area contributed by atoms with E-state index in [0.717, 1.165) is 0 Å². The topological polar surface area (TPSA) is 37.9 Å². The predicted octanol–water partition coefficient (Wildman–Crippen LogP) is 2.32. The quantitative estimate of drug-likeness (QED) is 0.819. The van der Waals surface area contributed by atoms with E-state index < -0.39 is 0 Å². The van der Waals surface area contributed by atoms with E-state index in [1.807, 2.05) is 22.6 Å². The maximum absolute atomic E-state index is 13.4. The van der Waals surface area contributed by atoms with Crippen molar-refractivity contribution < 1.29 is 9.13 Å². The minimum Gasteiger partial charge on any atom is -0.497 e. The number of rotatable bonds is 1. The first kappa shape index (κ1) is 8.74. The summed E-state index contributed by atoms with van der Waals surface area (Å²) < 4.78 is 19.0. The summed E-state index contributed by atoms with van der Waals surface area (Å²) in [5.74, 6) is 0.167. The van der Waals surface area contributed by atoms with Gasteiger partial charge in [-0.15, -0.1) is 0 Å². The van der Waals surface area contributed by atoms with Gasteiger partial charge in [-0.2, -0.15) is 5.10 Å². The number of hydrogen-bond donors (Lipinski definition) is 1. The van der Waals surface area contributed by atoms with Crippen molar-refractivity contribution in [1.29, 1.82) is 0 Å². The predicted molar refractivity (Wildman–Crippen MR) is 55.3 cm³/mol. The minimum absolute atomic E-state index is 0.312. The van der Waals surface area contributed by atoms with Crippen molar-refractivity contribution in [2.24, 2.45) is 0 Å². The lowest BCUT2D eigenvalue weighted by molar-refractivity contribution is 0.412. The molecule has 5 heteroatoms. The number of methoxy groups -OCH3 is 1. The van der Waals surface area contributed by atoms with Crippen LogP contribution in [0.25, 0.3) is 10.9 Å². The molecular weight excluding hydrogens is 286 g/mol. The first-order chi connectivity index (χ1) is 6.22. The van der Waals surface area contributed by atoms with Crippen LogP contribution in [-0.2, 0) is 0 Å². The Morgan fingerprint density at radius 1 is 1.54 bits per heavy atom. The molecule has 0 aliphatic heterocycles. The average molecular weight is 292 g/mol. The van der Waals surface area contributed by atoms with Gasteiger partial charge in [0, 0.05) is 12.1 Å². The van der Waals surface area contributed by atoms with Crippen molar-refractivity contribution in [1.82, 2.24) is 10.2 Å². The van der Waals surface area contributed by atoms with Crippen molar-refractivity contribution in [2.75, 3.05) is 7.11 Å². The van der Waals surface area contributed by atoms with Gasteiger partial charge in [-0.1, -0.05) is 0 Å². The van der Waals surface area contributed by atoms with E-state index in [0.29, 0.717) is 20.4 Å². The Hall–Kier alpha value is -0.850. The molecule has 0 aliphatic rings. The van der Waals surface area contributed by atoms with Crippen LogP contribution >= 0.6 is 22.6 Å². The molecule has 0 aliphatic carbocycles. The zero-order valence-corrected chi connectivity index (χ0v) is 8.92. The Labute approximate surface area is 87.4 Å². The maximum Gasteiger partial charge on any atom is 0.138 e. The summed E-state index contributed by atoms with van der Waals surface area (Å²) in [4.78, 5) is 0. The molecule has 0 saturated heterocycles. The summed E-state index contributed by atoms with van der Waals surface area (Å²) in [7, 11) is 1.50. The van der Waals surface area contributed by atoms with Crippen molar-refractivity contribution >= 4 is 33.5 Å². The summed E-state index contributed by atoms with van der Waals surface area (Å²) in [6.07, 6.45) is 0. The Bertz CT molecular complexity index is 455. The number of halogens is 2. The molecule has 1 heterocycles. The van der Waals surface area contributed by atoms with Crippen LogP contribution in [0.15, 0.2) is 12.1 Å². The highest BCUT2D eigenvalue weighted by atomic mass is 127. The van der Waals surface area contributed by atoms with Crippen LogP contribution < -0.4 is 4.74 Å². The highest BCUT2D eigenvalue weighted by Gasteiger charge is 2.09. The first-order valence-electron chi connectivity index (χ1n) is 3.59. The SMILES string of the molecule is COc1cc(F)c2c(I)[nH]nc2c1. The van der Waals surface area contributed by atoms with Crippen molar-refractivity contribution in [3.63, 3.8) is 0 Å². The number of benzene rings is 1. The Balaban J connectivity index is 2.79. The fourth-order valence-corrected chi connectivity index (χ4v) is 1.81. The van der Waals surface area contributed by atoms with Crippen molar-refractivity contribution in [3.05, 3.63) is 21.7 Å². The molecule has 0 radical (unpaired) electrons. The molecule has 3 nitrogen and oxygen atoms in total. The third kappa shape index (κ3) is 1.37. The number of aromatic nitrogens is 2. The van der Waals surface area contributed by atoms with E-state index in [-0.39, 0.29) is 5.82 Å². The fourth-order valence-electron chi connectivity index (χ4n) is 1.16. The van der Waals surface area contributed by atoms with Gasteiger partial charge in [0.15, 0.2) is 0 Å².